The van der Waals surface area contributed by atoms with Gasteiger partial charge >= 0.3 is 5.97 Å². The number of nitrogens with one attached hydrogen (secondary N) is 1. The smallest absolute Gasteiger partial charge is 0.335 e. The van der Waals surface area contributed by atoms with Crippen LogP contribution in [0.4, 0.5) is 11.5 Å². The van der Waals surface area contributed by atoms with Gasteiger partial charge in [-0.25, -0.2) is 9.78 Å². The highest BCUT2D eigenvalue weighted by Crippen LogP contribution is 2.26. The van der Waals surface area contributed by atoms with Crippen LogP contribution in [-0.4, -0.2) is 16.1 Å². The number of carboxylic acids is 1. The molecule has 1 aromatic carbocycles. The molecule has 0 aliphatic rings. The number of nitrogens with zero attached hydrogens (tertiary/aromatic N) is 2. The molecule has 94 valence electrons. The molecule has 0 aliphatic carbocycles. The zero-order valence-electron chi connectivity index (χ0n) is 9.59. The molecule has 0 bridgehead atoms. The highest BCUT2D eigenvalue weighted by molar-refractivity contribution is 6.33. The van der Waals surface area contributed by atoms with Crippen LogP contribution in [-0.2, 0) is 0 Å². The van der Waals surface area contributed by atoms with E-state index in [2.05, 4.69) is 10.3 Å². The summed E-state index contributed by atoms with van der Waals surface area (Å²) in [4.78, 5) is 14.8. The second-order valence-corrected chi connectivity index (χ2v) is 4.07. The van der Waals surface area contributed by atoms with Crippen molar-refractivity contribution >= 4 is 29.1 Å². The fraction of sp³-hybridized carbons (Fsp3) is 0. The van der Waals surface area contributed by atoms with Gasteiger partial charge < -0.3 is 10.4 Å². The van der Waals surface area contributed by atoms with E-state index in [0.29, 0.717) is 17.1 Å². The average molecular weight is 274 g/mol. The van der Waals surface area contributed by atoms with Gasteiger partial charge in [-0.2, -0.15) is 5.26 Å². The number of nitriles is 1. The molecule has 0 unspecified atom stereocenters. The van der Waals surface area contributed by atoms with Crippen molar-refractivity contribution in [3.8, 4) is 6.07 Å². The van der Waals surface area contributed by atoms with E-state index in [-0.39, 0.29) is 10.6 Å². The lowest BCUT2D eigenvalue weighted by molar-refractivity contribution is 0.0697. The van der Waals surface area contributed by atoms with Crippen LogP contribution < -0.4 is 5.32 Å². The largest absolute Gasteiger partial charge is 0.478 e. The van der Waals surface area contributed by atoms with Gasteiger partial charge in [0.2, 0.25) is 0 Å². The van der Waals surface area contributed by atoms with E-state index in [4.69, 9.17) is 22.0 Å². The number of rotatable bonds is 3. The van der Waals surface area contributed by atoms with Crippen molar-refractivity contribution in [3.05, 3.63) is 52.7 Å². The predicted molar refractivity (Wildman–Crippen MR) is 70.6 cm³/mol. The molecular weight excluding hydrogens is 266 g/mol. The molecule has 0 amide bonds. The van der Waals surface area contributed by atoms with Gasteiger partial charge in [0.25, 0.3) is 0 Å². The number of halogens is 1. The average Bonchev–Trinajstić information content (AvgIpc) is 2.41. The van der Waals surface area contributed by atoms with Gasteiger partial charge in [-0.3, -0.25) is 0 Å². The molecule has 1 heterocycles. The van der Waals surface area contributed by atoms with Crippen LogP contribution in [0.3, 0.4) is 0 Å². The Bertz CT molecular complexity index is 680. The number of pyridine rings is 1. The maximum atomic E-state index is 10.8. The summed E-state index contributed by atoms with van der Waals surface area (Å²) in [7, 11) is 0. The second-order valence-electron chi connectivity index (χ2n) is 3.67. The van der Waals surface area contributed by atoms with Gasteiger partial charge in [-0.1, -0.05) is 11.6 Å². The third-order valence-electron chi connectivity index (χ3n) is 2.37. The first kappa shape index (κ1) is 12.9. The van der Waals surface area contributed by atoms with Crippen LogP contribution >= 0.6 is 11.6 Å². The molecule has 0 fully saturated rings. The van der Waals surface area contributed by atoms with E-state index in [9.17, 15) is 4.79 Å². The highest BCUT2D eigenvalue weighted by Gasteiger charge is 2.07. The maximum Gasteiger partial charge on any atom is 0.335 e. The van der Waals surface area contributed by atoms with Gasteiger partial charge in [0, 0.05) is 6.20 Å². The number of carbonyl (C=O) groups is 1. The molecule has 0 saturated heterocycles. The fourth-order valence-electron chi connectivity index (χ4n) is 1.46. The number of benzene rings is 1. The van der Waals surface area contributed by atoms with Crippen LogP contribution in [0.25, 0.3) is 0 Å². The Kier molecular flexibility index (Phi) is 3.64. The van der Waals surface area contributed by atoms with Crippen molar-refractivity contribution in [2.75, 3.05) is 5.32 Å². The molecule has 6 heteroatoms. The first-order valence-electron chi connectivity index (χ1n) is 5.26. The van der Waals surface area contributed by atoms with Gasteiger partial charge in [-0.05, 0) is 30.3 Å². The van der Waals surface area contributed by atoms with Gasteiger partial charge in [-0.15, -0.1) is 0 Å². The van der Waals surface area contributed by atoms with Crippen molar-refractivity contribution in [1.82, 2.24) is 4.98 Å². The van der Waals surface area contributed by atoms with Crippen molar-refractivity contribution < 1.29 is 9.90 Å². The number of hydrogen-bond acceptors (Lipinski definition) is 4. The van der Waals surface area contributed by atoms with E-state index in [1.807, 2.05) is 6.07 Å². The monoisotopic (exact) mass is 273 g/mol. The SMILES string of the molecule is N#Cc1ccnc(Nc2ccc(C(=O)O)cc2Cl)c1. The predicted octanol–water partition coefficient (Wildman–Crippen LogP) is 3.05. The number of aromatic carboxylic acids is 1. The summed E-state index contributed by atoms with van der Waals surface area (Å²) >= 11 is 5.98. The zero-order chi connectivity index (χ0) is 13.8. The molecule has 2 N–H and O–H groups in total. The maximum absolute atomic E-state index is 10.8. The molecule has 5 nitrogen and oxygen atoms in total. The normalized spacial score (nSPS) is 9.68. The van der Waals surface area contributed by atoms with E-state index in [1.165, 1.54) is 18.3 Å². The minimum atomic E-state index is -1.04. The summed E-state index contributed by atoms with van der Waals surface area (Å²) in [5.41, 5.74) is 1.10. The van der Waals surface area contributed by atoms with Crippen LogP contribution in [0, 0.1) is 11.3 Å². The Hall–Kier alpha value is -2.58. The molecule has 0 atom stereocenters. The van der Waals surface area contributed by atoms with Crippen molar-refractivity contribution in [2.45, 2.75) is 0 Å². The Morgan fingerprint density at radius 1 is 1.37 bits per heavy atom. The van der Waals surface area contributed by atoms with Crippen molar-refractivity contribution in [1.29, 1.82) is 5.26 Å². The summed E-state index contributed by atoms with van der Waals surface area (Å²) in [6.07, 6.45) is 1.50. The molecule has 19 heavy (non-hydrogen) atoms. The number of carboxylic acid groups (broad SMARTS) is 1. The summed E-state index contributed by atoms with van der Waals surface area (Å²) in [5.74, 6) is -0.581. The van der Waals surface area contributed by atoms with Crippen molar-refractivity contribution in [3.63, 3.8) is 0 Å². The molecule has 0 spiro atoms. The summed E-state index contributed by atoms with van der Waals surface area (Å²) in [6, 6.07) is 9.49. The van der Waals surface area contributed by atoms with Crippen LogP contribution in [0.1, 0.15) is 15.9 Å². The minimum absolute atomic E-state index is 0.106. The van der Waals surface area contributed by atoms with Gasteiger partial charge in [0.05, 0.1) is 27.9 Å². The third kappa shape index (κ3) is 3.00. The lowest BCUT2D eigenvalue weighted by Gasteiger charge is -2.08. The Balaban J connectivity index is 2.28. The molecule has 2 aromatic rings. The highest BCUT2D eigenvalue weighted by atomic mass is 35.5. The van der Waals surface area contributed by atoms with Crippen LogP contribution in [0.2, 0.25) is 5.02 Å². The van der Waals surface area contributed by atoms with E-state index < -0.39 is 5.97 Å². The Labute approximate surface area is 114 Å². The Morgan fingerprint density at radius 3 is 2.79 bits per heavy atom. The van der Waals surface area contributed by atoms with Gasteiger partial charge in [0.1, 0.15) is 5.82 Å². The molecular formula is C13H8ClN3O2. The second kappa shape index (κ2) is 5.38. The Morgan fingerprint density at radius 2 is 2.16 bits per heavy atom. The van der Waals surface area contributed by atoms with E-state index >= 15 is 0 Å². The zero-order valence-corrected chi connectivity index (χ0v) is 10.3. The third-order valence-corrected chi connectivity index (χ3v) is 2.68. The number of anilines is 2. The molecule has 0 saturated carbocycles. The van der Waals surface area contributed by atoms with E-state index in [1.54, 1.807) is 18.2 Å². The number of aromatic nitrogens is 1. The summed E-state index contributed by atoms with van der Waals surface area (Å²) < 4.78 is 0. The topological polar surface area (TPSA) is 86.0 Å². The molecule has 0 radical (unpaired) electrons. The van der Waals surface area contributed by atoms with Crippen LogP contribution in [0.5, 0.6) is 0 Å². The fourth-order valence-corrected chi connectivity index (χ4v) is 1.68. The summed E-state index contributed by atoms with van der Waals surface area (Å²) in [6.45, 7) is 0. The van der Waals surface area contributed by atoms with Gasteiger partial charge in [0.15, 0.2) is 0 Å². The minimum Gasteiger partial charge on any atom is -0.478 e. The lowest BCUT2D eigenvalue weighted by Crippen LogP contribution is -1.99. The van der Waals surface area contributed by atoms with E-state index in [0.717, 1.165) is 0 Å². The first-order valence-corrected chi connectivity index (χ1v) is 5.64. The summed E-state index contributed by atoms with van der Waals surface area (Å²) in [5, 5.41) is 20.8. The molecule has 0 aliphatic heterocycles. The lowest BCUT2D eigenvalue weighted by atomic mass is 10.2. The first-order chi connectivity index (χ1) is 9.10. The quantitative estimate of drug-likeness (QED) is 0.897. The molecule has 1 aromatic heterocycles. The van der Waals surface area contributed by atoms with Crippen LogP contribution in [0.15, 0.2) is 36.5 Å². The standard InChI is InChI=1S/C13H8ClN3O2/c14-10-6-9(13(18)19)1-2-11(10)17-12-5-8(7-15)3-4-16-12/h1-6H,(H,16,17)(H,18,19). The van der Waals surface area contributed by atoms with Crippen molar-refractivity contribution in [2.24, 2.45) is 0 Å². The number of hydrogen-bond donors (Lipinski definition) is 2. The molecule has 2 rings (SSSR count).